The highest BCUT2D eigenvalue weighted by Gasteiger charge is 2.25. The third kappa shape index (κ3) is 4.39. The minimum Gasteiger partial charge on any atom is -0.192 e. The summed E-state index contributed by atoms with van der Waals surface area (Å²) in [6, 6.07) is 65.3. The van der Waals surface area contributed by atoms with Crippen LogP contribution in [0.1, 0.15) is 11.1 Å². The molecule has 11 rings (SSSR count). The Labute approximate surface area is 312 Å². The van der Waals surface area contributed by atoms with E-state index in [9.17, 15) is 10.5 Å². The molecule has 0 amide bonds. The topological polar surface area (TPSA) is 47.6 Å². The molecule has 0 saturated heterocycles. The van der Waals surface area contributed by atoms with Crippen molar-refractivity contribution in [3.8, 4) is 67.8 Å². The van der Waals surface area contributed by atoms with E-state index in [4.69, 9.17) is 0 Å². The molecule has 1 aliphatic rings. The van der Waals surface area contributed by atoms with Crippen LogP contribution < -0.4 is 0 Å². The Morgan fingerprint density at radius 2 is 0.778 bits per heavy atom. The van der Waals surface area contributed by atoms with E-state index in [1.807, 2.05) is 24.3 Å². The van der Waals surface area contributed by atoms with Gasteiger partial charge in [0.25, 0.3) is 0 Å². The first kappa shape index (κ1) is 30.1. The molecule has 0 radical (unpaired) electrons. The van der Waals surface area contributed by atoms with Crippen molar-refractivity contribution < 1.29 is 0 Å². The maximum atomic E-state index is 9.62. The summed E-state index contributed by atoms with van der Waals surface area (Å²) in [5.74, 6) is 0. The summed E-state index contributed by atoms with van der Waals surface area (Å²) >= 11 is 0. The molecule has 10 aromatic carbocycles. The van der Waals surface area contributed by atoms with E-state index < -0.39 is 0 Å². The van der Waals surface area contributed by atoms with E-state index in [1.165, 1.54) is 87.2 Å². The molecule has 0 aliphatic heterocycles. The molecule has 54 heavy (non-hydrogen) atoms. The van der Waals surface area contributed by atoms with Crippen LogP contribution >= 0.6 is 0 Å². The first-order chi connectivity index (χ1) is 26.7. The Bertz CT molecular complexity index is 3320. The van der Waals surface area contributed by atoms with E-state index in [-0.39, 0.29) is 0 Å². The SMILES string of the molecule is N#Cc1ccc(-c2cc3c4cc5c(cc4c(-c4ccc(C#N)cc4)cc3c3ccccc23)-c2cccc3c(-c4ccc6ccccc6c4)ccc-5c23)cc1. The minimum absolute atomic E-state index is 0.645. The van der Waals surface area contributed by atoms with E-state index in [0.29, 0.717) is 11.1 Å². The van der Waals surface area contributed by atoms with Gasteiger partial charge in [0.1, 0.15) is 0 Å². The number of nitriles is 2. The Morgan fingerprint density at radius 3 is 1.48 bits per heavy atom. The van der Waals surface area contributed by atoms with Crippen molar-refractivity contribution >= 4 is 53.9 Å². The lowest BCUT2D eigenvalue weighted by Crippen LogP contribution is -1.91. The van der Waals surface area contributed by atoms with Crippen molar-refractivity contribution in [3.63, 3.8) is 0 Å². The van der Waals surface area contributed by atoms with E-state index in [1.54, 1.807) is 0 Å². The first-order valence-corrected chi connectivity index (χ1v) is 18.2. The molecule has 0 aromatic heterocycles. The molecule has 2 heteroatoms. The molecule has 0 N–H and O–H groups in total. The van der Waals surface area contributed by atoms with Crippen LogP contribution in [0.25, 0.3) is 109 Å². The quantitative estimate of drug-likeness (QED) is 0.174. The molecular formula is C52H28N2. The van der Waals surface area contributed by atoms with Crippen molar-refractivity contribution in [1.29, 1.82) is 10.5 Å². The van der Waals surface area contributed by atoms with Crippen molar-refractivity contribution in [3.05, 3.63) is 181 Å². The van der Waals surface area contributed by atoms with Gasteiger partial charge in [-0.05, 0) is 164 Å². The number of fused-ring (bicyclic) bond motifs is 9. The first-order valence-electron chi connectivity index (χ1n) is 18.2. The van der Waals surface area contributed by atoms with Crippen molar-refractivity contribution in [2.24, 2.45) is 0 Å². The lowest BCUT2D eigenvalue weighted by atomic mass is 9.86. The minimum atomic E-state index is 0.645. The normalized spacial score (nSPS) is 11.7. The van der Waals surface area contributed by atoms with Gasteiger partial charge < -0.3 is 0 Å². The molecule has 1 aliphatic carbocycles. The van der Waals surface area contributed by atoms with Gasteiger partial charge in [-0.1, -0.05) is 115 Å². The second-order valence-electron chi connectivity index (χ2n) is 14.3. The summed E-state index contributed by atoms with van der Waals surface area (Å²) in [6.07, 6.45) is 0. The van der Waals surface area contributed by atoms with Gasteiger partial charge in [-0.15, -0.1) is 0 Å². The van der Waals surface area contributed by atoms with Crippen molar-refractivity contribution in [2.75, 3.05) is 0 Å². The van der Waals surface area contributed by atoms with Gasteiger partial charge in [0.2, 0.25) is 0 Å². The molecule has 0 spiro atoms. The van der Waals surface area contributed by atoms with Gasteiger partial charge in [-0.25, -0.2) is 0 Å². The van der Waals surface area contributed by atoms with Crippen LogP contribution in [0.3, 0.4) is 0 Å². The zero-order valence-electron chi connectivity index (χ0n) is 29.1. The zero-order valence-corrected chi connectivity index (χ0v) is 29.1. The Kier molecular flexibility index (Phi) is 6.41. The van der Waals surface area contributed by atoms with Gasteiger partial charge in [-0.2, -0.15) is 10.5 Å². The predicted molar refractivity (Wildman–Crippen MR) is 224 cm³/mol. The lowest BCUT2D eigenvalue weighted by molar-refractivity contribution is 1.48. The molecule has 246 valence electrons. The van der Waals surface area contributed by atoms with E-state index >= 15 is 0 Å². The number of hydrogen-bond acceptors (Lipinski definition) is 2. The summed E-state index contributed by atoms with van der Waals surface area (Å²) in [6.45, 7) is 0. The number of benzene rings is 10. The van der Waals surface area contributed by atoms with Gasteiger partial charge in [0.15, 0.2) is 0 Å². The summed E-state index contributed by atoms with van der Waals surface area (Å²) in [4.78, 5) is 0. The van der Waals surface area contributed by atoms with Crippen LogP contribution in [-0.4, -0.2) is 0 Å². The van der Waals surface area contributed by atoms with Crippen LogP contribution in [0, 0.1) is 22.7 Å². The van der Waals surface area contributed by atoms with Gasteiger partial charge >= 0.3 is 0 Å². The summed E-state index contributed by atoms with van der Waals surface area (Å²) in [7, 11) is 0. The van der Waals surface area contributed by atoms with Crippen LogP contribution in [-0.2, 0) is 0 Å². The fraction of sp³-hybridized carbons (Fsp3) is 0. The summed E-state index contributed by atoms with van der Waals surface area (Å²) < 4.78 is 0. The Hall–Kier alpha value is -7.52. The van der Waals surface area contributed by atoms with E-state index in [0.717, 1.165) is 22.3 Å². The highest BCUT2D eigenvalue weighted by Crippen LogP contribution is 2.53. The Balaban J connectivity index is 1.22. The average Bonchev–Trinajstić information content (AvgIpc) is 3.56. The van der Waals surface area contributed by atoms with Gasteiger partial charge in [0.05, 0.1) is 23.3 Å². The highest BCUT2D eigenvalue weighted by molar-refractivity contribution is 6.27. The molecule has 0 bridgehead atoms. The van der Waals surface area contributed by atoms with Crippen LogP contribution in [0.4, 0.5) is 0 Å². The van der Waals surface area contributed by atoms with Crippen LogP contribution in [0.5, 0.6) is 0 Å². The lowest BCUT2D eigenvalue weighted by Gasteiger charge is -2.17. The second-order valence-corrected chi connectivity index (χ2v) is 14.3. The third-order valence-corrected chi connectivity index (χ3v) is 11.4. The molecule has 10 aromatic rings. The van der Waals surface area contributed by atoms with Crippen molar-refractivity contribution in [1.82, 2.24) is 0 Å². The van der Waals surface area contributed by atoms with Gasteiger partial charge in [-0.3, -0.25) is 0 Å². The van der Waals surface area contributed by atoms with E-state index in [2.05, 4.69) is 158 Å². The largest absolute Gasteiger partial charge is 0.192 e. The Morgan fingerprint density at radius 1 is 0.278 bits per heavy atom. The van der Waals surface area contributed by atoms with Crippen LogP contribution in [0.2, 0.25) is 0 Å². The second kappa shape index (κ2) is 11.5. The molecule has 2 nitrogen and oxygen atoms in total. The molecule has 0 unspecified atom stereocenters. The fourth-order valence-electron chi connectivity index (χ4n) is 8.88. The van der Waals surface area contributed by atoms with Crippen LogP contribution in [0.15, 0.2) is 170 Å². The zero-order chi connectivity index (χ0) is 35.9. The summed E-state index contributed by atoms with van der Waals surface area (Å²) in [5.41, 5.74) is 13.2. The maximum absolute atomic E-state index is 9.62. The molecular weight excluding hydrogens is 653 g/mol. The smallest absolute Gasteiger partial charge is 0.0991 e. The number of nitrogens with zero attached hydrogens (tertiary/aromatic N) is 2. The van der Waals surface area contributed by atoms with Crippen molar-refractivity contribution in [2.45, 2.75) is 0 Å². The monoisotopic (exact) mass is 680 g/mol. The summed E-state index contributed by atoms with van der Waals surface area (Å²) in [5, 5.41) is 31.2. The number of rotatable bonds is 3. The predicted octanol–water partition coefficient (Wildman–Crippen LogP) is 13.8. The maximum Gasteiger partial charge on any atom is 0.0991 e. The standard InChI is InChI=1S/C52H28N2/c53-29-31-12-16-34(17-13-31)44-25-50-46(40-9-4-3-8-39(40)44)26-45(35-18-14-32(30-54)15-19-35)49-27-47-42-11-5-10-41-38(22-23-43(52(41)42)48(47)28-51(49)50)37-21-20-33-6-1-2-7-36(33)24-37/h1-28H. The molecule has 0 heterocycles. The number of hydrogen-bond donors (Lipinski definition) is 0. The third-order valence-electron chi connectivity index (χ3n) is 11.4. The molecule has 0 saturated carbocycles. The average molecular weight is 681 g/mol. The molecule has 0 atom stereocenters. The van der Waals surface area contributed by atoms with Gasteiger partial charge in [0, 0.05) is 0 Å². The fourth-order valence-corrected chi connectivity index (χ4v) is 8.88. The molecule has 0 fully saturated rings. The highest BCUT2D eigenvalue weighted by atomic mass is 14.3.